The molecule has 2 N–H and O–H groups in total. The molecule has 0 saturated heterocycles. The molecule has 0 aliphatic carbocycles. The average Bonchev–Trinajstić information content (AvgIpc) is 3.29. The highest BCUT2D eigenvalue weighted by atomic mass is 16.5. The molecule has 1 heterocycles. The molecule has 0 spiro atoms. The van der Waals surface area contributed by atoms with Crippen molar-refractivity contribution in [2.45, 2.75) is 33.2 Å². The summed E-state index contributed by atoms with van der Waals surface area (Å²) in [5.41, 5.74) is 0.587. The number of methoxy groups -OCH3 is 3. The molecule has 11 heteroatoms. The van der Waals surface area contributed by atoms with Crippen molar-refractivity contribution in [2.75, 3.05) is 34.5 Å². The van der Waals surface area contributed by atoms with Crippen molar-refractivity contribution >= 4 is 12.0 Å². The molecule has 0 fully saturated rings. The number of hydrogen-bond donors (Lipinski definition) is 2. The van der Waals surface area contributed by atoms with Gasteiger partial charge in [-0.25, -0.2) is 4.79 Å². The third-order valence-electron chi connectivity index (χ3n) is 4.83. The van der Waals surface area contributed by atoms with Crippen LogP contribution in [0.4, 0.5) is 4.79 Å². The number of nitrogens with zero attached hydrogens (tertiary/aromatic N) is 2. The van der Waals surface area contributed by atoms with E-state index >= 15 is 0 Å². The van der Waals surface area contributed by atoms with Crippen molar-refractivity contribution < 1.29 is 33.1 Å². The van der Waals surface area contributed by atoms with Crippen molar-refractivity contribution in [3.05, 3.63) is 18.0 Å². The second kappa shape index (κ2) is 11.8. The van der Waals surface area contributed by atoms with Gasteiger partial charge in [-0.2, -0.15) is 4.98 Å². The average molecular weight is 450 g/mol. The molecular weight excluding hydrogens is 420 g/mol. The second-order valence-electron chi connectivity index (χ2n) is 6.87. The number of ether oxygens (including phenoxy) is 4. The normalized spacial score (nSPS) is 12.4. The van der Waals surface area contributed by atoms with Gasteiger partial charge >= 0.3 is 12.0 Å². The molecule has 2 unspecified atom stereocenters. The minimum absolute atomic E-state index is 0.0171. The summed E-state index contributed by atoms with van der Waals surface area (Å²) in [7, 11) is 4.54. The van der Waals surface area contributed by atoms with Crippen LogP contribution in [0.3, 0.4) is 0 Å². The quantitative estimate of drug-likeness (QED) is 0.496. The van der Waals surface area contributed by atoms with Gasteiger partial charge in [0.1, 0.15) is 12.6 Å². The summed E-state index contributed by atoms with van der Waals surface area (Å²) >= 11 is 0. The molecule has 1 aromatic carbocycles. The van der Waals surface area contributed by atoms with Gasteiger partial charge in [0, 0.05) is 5.56 Å². The Bertz CT molecular complexity index is 890. The maximum absolute atomic E-state index is 12.3. The zero-order valence-electron chi connectivity index (χ0n) is 19.2. The van der Waals surface area contributed by atoms with Crippen molar-refractivity contribution in [3.63, 3.8) is 0 Å². The van der Waals surface area contributed by atoms with Crippen LogP contribution in [0.5, 0.6) is 17.2 Å². The van der Waals surface area contributed by atoms with E-state index in [1.165, 1.54) is 21.3 Å². The Balaban J connectivity index is 2.26. The van der Waals surface area contributed by atoms with Crippen LogP contribution in [0, 0.1) is 5.92 Å². The van der Waals surface area contributed by atoms with Gasteiger partial charge in [0.25, 0.3) is 0 Å². The molecule has 0 saturated carbocycles. The summed E-state index contributed by atoms with van der Waals surface area (Å²) in [6.45, 7) is 5.61. The van der Waals surface area contributed by atoms with Crippen LogP contribution in [-0.4, -0.2) is 56.6 Å². The third kappa shape index (κ3) is 6.02. The standard InChI is InChI=1S/C21H30N4O7/c1-7-12(3)17(23-21(27)22-11-16(26)31-8-2)20-24-19(25-32-20)13-9-14(28-4)18(30-6)15(10-13)29-5/h9-10,12,17H,7-8,11H2,1-6H3,(H2,22,23,27). The lowest BCUT2D eigenvalue weighted by molar-refractivity contribution is -0.141. The number of rotatable bonds is 11. The molecule has 2 aromatic rings. The summed E-state index contributed by atoms with van der Waals surface area (Å²) in [5.74, 6) is 1.32. The van der Waals surface area contributed by atoms with Crippen molar-refractivity contribution in [3.8, 4) is 28.6 Å². The van der Waals surface area contributed by atoms with E-state index in [1.54, 1.807) is 19.1 Å². The molecule has 176 valence electrons. The maximum atomic E-state index is 12.3. The van der Waals surface area contributed by atoms with Crippen LogP contribution in [-0.2, 0) is 9.53 Å². The largest absolute Gasteiger partial charge is 0.493 e. The van der Waals surface area contributed by atoms with E-state index in [1.807, 2.05) is 13.8 Å². The second-order valence-corrected chi connectivity index (χ2v) is 6.87. The number of aromatic nitrogens is 2. The fourth-order valence-corrected chi connectivity index (χ4v) is 2.93. The third-order valence-corrected chi connectivity index (χ3v) is 4.83. The lowest BCUT2D eigenvalue weighted by Crippen LogP contribution is -2.42. The predicted molar refractivity (Wildman–Crippen MR) is 115 cm³/mol. The summed E-state index contributed by atoms with van der Waals surface area (Å²) in [6, 6.07) is 2.29. The SMILES string of the molecule is CCOC(=O)CNC(=O)NC(c1nc(-c2cc(OC)c(OC)c(OC)c2)no1)C(C)CC. The van der Waals surface area contributed by atoms with E-state index in [0.717, 1.165) is 6.42 Å². The fourth-order valence-electron chi connectivity index (χ4n) is 2.93. The highest BCUT2D eigenvalue weighted by Gasteiger charge is 2.27. The molecule has 0 radical (unpaired) electrons. The van der Waals surface area contributed by atoms with Gasteiger partial charge in [0.2, 0.25) is 17.5 Å². The zero-order chi connectivity index (χ0) is 23.7. The zero-order valence-corrected chi connectivity index (χ0v) is 19.2. The lowest BCUT2D eigenvalue weighted by Gasteiger charge is -2.20. The first-order valence-electron chi connectivity index (χ1n) is 10.2. The number of esters is 1. The van der Waals surface area contributed by atoms with Gasteiger partial charge in [-0.3, -0.25) is 4.79 Å². The van der Waals surface area contributed by atoms with Crippen LogP contribution in [0.2, 0.25) is 0 Å². The van der Waals surface area contributed by atoms with E-state index < -0.39 is 18.0 Å². The van der Waals surface area contributed by atoms with Crippen LogP contribution < -0.4 is 24.8 Å². The number of carbonyl (C=O) groups excluding carboxylic acids is 2. The van der Waals surface area contributed by atoms with E-state index in [4.69, 9.17) is 23.5 Å². The minimum Gasteiger partial charge on any atom is -0.493 e. The lowest BCUT2D eigenvalue weighted by atomic mass is 9.99. The Morgan fingerprint density at radius 3 is 2.28 bits per heavy atom. The first-order valence-corrected chi connectivity index (χ1v) is 10.2. The molecule has 0 bridgehead atoms. The van der Waals surface area contributed by atoms with Gasteiger partial charge in [-0.15, -0.1) is 0 Å². The van der Waals surface area contributed by atoms with Gasteiger partial charge in [0.05, 0.1) is 27.9 Å². The predicted octanol–water partition coefficient (Wildman–Crippen LogP) is 2.71. The molecule has 0 aliphatic heterocycles. The number of urea groups is 1. The number of nitrogens with one attached hydrogen (secondary N) is 2. The Morgan fingerprint density at radius 1 is 1.09 bits per heavy atom. The molecule has 32 heavy (non-hydrogen) atoms. The topological polar surface area (TPSA) is 134 Å². The number of carbonyl (C=O) groups is 2. The highest BCUT2D eigenvalue weighted by molar-refractivity contribution is 5.81. The van der Waals surface area contributed by atoms with Crippen molar-refractivity contribution in [1.82, 2.24) is 20.8 Å². The molecule has 2 amide bonds. The van der Waals surface area contributed by atoms with Gasteiger partial charge in [-0.05, 0) is 25.0 Å². The van der Waals surface area contributed by atoms with Gasteiger partial charge in [0.15, 0.2) is 11.5 Å². The van der Waals surface area contributed by atoms with Gasteiger partial charge in [-0.1, -0.05) is 25.4 Å². The first-order chi connectivity index (χ1) is 15.4. The maximum Gasteiger partial charge on any atom is 0.325 e. The first kappa shape index (κ1) is 24.8. The summed E-state index contributed by atoms with van der Waals surface area (Å²) in [4.78, 5) is 28.2. The monoisotopic (exact) mass is 450 g/mol. The Labute approximate surface area is 186 Å². The Morgan fingerprint density at radius 2 is 1.75 bits per heavy atom. The summed E-state index contributed by atoms with van der Waals surface area (Å²) in [5, 5.41) is 9.30. The molecule has 1 aromatic heterocycles. The highest BCUT2D eigenvalue weighted by Crippen LogP contribution is 2.40. The molecular formula is C21H30N4O7. The van der Waals surface area contributed by atoms with E-state index in [-0.39, 0.29) is 25.0 Å². The number of amides is 2. The fraction of sp³-hybridized carbons (Fsp3) is 0.524. The van der Waals surface area contributed by atoms with Gasteiger partial charge < -0.3 is 34.1 Å². The molecule has 11 nitrogen and oxygen atoms in total. The smallest absolute Gasteiger partial charge is 0.325 e. The van der Waals surface area contributed by atoms with Crippen LogP contribution in [0.25, 0.3) is 11.4 Å². The minimum atomic E-state index is -0.564. The van der Waals surface area contributed by atoms with E-state index in [9.17, 15) is 9.59 Å². The summed E-state index contributed by atoms with van der Waals surface area (Å²) < 4.78 is 26.4. The molecule has 0 aliphatic rings. The van der Waals surface area contributed by atoms with E-state index in [0.29, 0.717) is 28.6 Å². The summed E-state index contributed by atoms with van der Waals surface area (Å²) in [6.07, 6.45) is 0.741. The van der Waals surface area contributed by atoms with Crippen molar-refractivity contribution in [1.29, 1.82) is 0 Å². The van der Waals surface area contributed by atoms with Crippen molar-refractivity contribution in [2.24, 2.45) is 5.92 Å². The number of benzene rings is 1. The van der Waals surface area contributed by atoms with Crippen LogP contribution in [0.15, 0.2) is 16.7 Å². The number of hydrogen-bond acceptors (Lipinski definition) is 9. The van der Waals surface area contributed by atoms with Crippen LogP contribution in [0.1, 0.15) is 39.1 Å². The Kier molecular flexibility index (Phi) is 9.11. The molecule has 2 rings (SSSR count). The van der Waals surface area contributed by atoms with E-state index in [2.05, 4.69) is 20.8 Å². The Hall–Kier alpha value is -3.50. The molecule has 2 atom stereocenters. The van der Waals surface area contributed by atoms with Crippen LogP contribution >= 0.6 is 0 Å².